The van der Waals surface area contributed by atoms with Crippen LogP contribution in [-0.2, 0) is 0 Å². The highest BCUT2D eigenvalue weighted by atomic mass is 16.4. The Morgan fingerprint density at radius 2 is 1.33 bits per heavy atom. The molecule has 0 fully saturated rings. The fourth-order valence-corrected chi connectivity index (χ4v) is 1.79. The highest BCUT2D eigenvalue weighted by Crippen LogP contribution is 2.35. The van der Waals surface area contributed by atoms with Gasteiger partial charge in [0.2, 0.25) is 5.78 Å². The summed E-state index contributed by atoms with van der Waals surface area (Å²) in [6.45, 7) is 0. The van der Waals surface area contributed by atoms with Crippen molar-refractivity contribution in [2.45, 2.75) is 0 Å². The summed E-state index contributed by atoms with van der Waals surface area (Å²) in [6, 6.07) is 5.19. The monoisotopic (exact) mass is 290 g/mol. The van der Waals surface area contributed by atoms with E-state index in [4.69, 9.17) is 5.11 Å². The second kappa shape index (κ2) is 5.04. The zero-order valence-electron chi connectivity index (χ0n) is 10.4. The van der Waals surface area contributed by atoms with Crippen LogP contribution in [0.4, 0.5) is 0 Å². The first-order chi connectivity index (χ1) is 9.82. The van der Waals surface area contributed by atoms with Gasteiger partial charge in [-0.2, -0.15) is 0 Å². The number of hydrogen-bond acceptors (Lipinski definition) is 6. The number of phenols is 4. The first kappa shape index (κ1) is 14.2. The summed E-state index contributed by atoms with van der Waals surface area (Å²) in [4.78, 5) is 23.0. The molecule has 5 N–H and O–H groups in total. The lowest BCUT2D eigenvalue weighted by atomic mass is 9.99. The molecule has 0 saturated carbocycles. The molecular weight excluding hydrogens is 280 g/mol. The molecule has 2 aromatic rings. The van der Waals surface area contributed by atoms with E-state index in [0.717, 1.165) is 30.3 Å². The standard InChI is InChI=1S/C14H10O7/c15-6-1-4-10(16)9(5-6)11(17)7-2-3-8(14(20)21)13(19)12(7)18/h1-5,15-16,18-19H,(H,20,21). The predicted molar refractivity (Wildman–Crippen MR) is 69.9 cm³/mol. The molecule has 0 aliphatic carbocycles. The molecule has 21 heavy (non-hydrogen) atoms. The number of carboxylic acids is 1. The number of ketones is 1. The van der Waals surface area contributed by atoms with Crippen molar-refractivity contribution in [2.75, 3.05) is 0 Å². The van der Waals surface area contributed by atoms with Crippen molar-refractivity contribution < 1.29 is 35.1 Å². The number of hydrogen-bond donors (Lipinski definition) is 5. The maximum atomic E-state index is 12.2. The number of aromatic carboxylic acids is 1. The van der Waals surface area contributed by atoms with Gasteiger partial charge in [-0.3, -0.25) is 4.79 Å². The number of carbonyl (C=O) groups excluding carboxylic acids is 1. The molecule has 0 aliphatic heterocycles. The van der Waals surface area contributed by atoms with Crippen molar-refractivity contribution in [3.8, 4) is 23.0 Å². The third-order valence-corrected chi connectivity index (χ3v) is 2.85. The van der Waals surface area contributed by atoms with E-state index in [2.05, 4.69) is 0 Å². The zero-order chi connectivity index (χ0) is 15.7. The molecule has 0 amide bonds. The normalized spacial score (nSPS) is 10.3. The number of phenolic OH excluding ortho intramolecular Hbond substituents is 3. The molecule has 2 rings (SSSR count). The maximum absolute atomic E-state index is 12.2. The minimum absolute atomic E-state index is 0.276. The van der Waals surface area contributed by atoms with E-state index in [1.54, 1.807) is 0 Å². The summed E-state index contributed by atoms with van der Waals surface area (Å²) in [5.41, 5.74) is -1.27. The Kier molecular flexibility index (Phi) is 3.41. The number of carboxylic acid groups (broad SMARTS) is 1. The Morgan fingerprint density at radius 3 is 1.95 bits per heavy atom. The second-order valence-corrected chi connectivity index (χ2v) is 4.19. The van der Waals surface area contributed by atoms with Gasteiger partial charge in [-0.15, -0.1) is 0 Å². The van der Waals surface area contributed by atoms with Gasteiger partial charge >= 0.3 is 5.97 Å². The Morgan fingerprint density at radius 1 is 0.762 bits per heavy atom. The third kappa shape index (κ3) is 2.44. The van der Waals surface area contributed by atoms with Crippen molar-refractivity contribution >= 4 is 11.8 Å². The van der Waals surface area contributed by atoms with Crippen molar-refractivity contribution in [2.24, 2.45) is 0 Å². The quantitative estimate of drug-likeness (QED) is 0.328. The molecular formula is C14H10O7. The Labute approximate surface area is 118 Å². The summed E-state index contributed by atoms with van der Waals surface area (Å²) >= 11 is 0. The molecule has 0 saturated heterocycles. The van der Waals surface area contributed by atoms with Gasteiger partial charge < -0.3 is 25.5 Å². The smallest absolute Gasteiger partial charge is 0.339 e. The summed E-state index contributed by atoms with van der Waals surface area (Å²) in [6.07, 6.45) is 0. The summed E-state index contributed by atoms with van der Waals surface area (Å²) in [7, 11) is 0. The second-order valence-electron chi connectivity index (χ2n) is 4.19. The molecule has 0 aliphatic rings. The van der Waals surface area contributed by atoms with Crippen molar-refractivity contribution in [3.63, 3.8) is 0 Å². The van der Waals surface area contributed by atoms with Crippen LogP contribution in [0.25, 0.3) is 0 Å². The fourth-order valence-electron chi connectivity index (χ4n) is 1.79. The van der Waals surface area contributed by atoms with Crippen LogP contribution in [0.1, 0.15) is 26.3 Å². The molecule has 0 heterocycles. The average Bonchev–Trinajstić information content (AvgIpc) is 2.43. The average molecular weight is 290 g/mol. The number of rotatable bonds is 3. The van der Waals surface area contributed by atoms with Gasteiger partial charge in [-0.25, -0.2) is 4.79 Å². The summed E-state index contributed by atoms with van der Waals surface area (Å²) < 4.78 is 0. The van der Waals surface area contributed by atoms with Crippen molar-refractivity contribution in [1.82, 2.24) is 0 Å². The molecule has 0 unspecified atom stereocenters. The van der Waals surface area contributed by atoms with Crippen LogP contribution >= 0.6 is 0 Å². The largest absolute Gasteiger partial charge is 0.508 e. The van der Waals surface area contributed by atoms with Gasteiger partial charge in [0.05, 0.1) is 11.1 Å². The minimum atomic E-state index is -1.47. The van der Waals surface area contributed by atoms with Crippen LogP contribution in [0.5, 0.6) is 23.0 Å². The van der Waals surface area contributed by atoms with Crippen LogP contribution in [0.2, 0.25) is 0 Å². The van der Waals surface area contributed by atoms with E-state index in [9.17, 15) is 30.0 Å². The van der Waals surface area contributed by atoms with Crippen LogP contribution in [-0.4, -0.2) is 37.3 Å². The lowest BCUT2D eigenvalue weighted by Crippen LogP contribution is -2.04. The molecule has 7 nitrogen and oxygen atoms in total. The molecule has 0 radical (unpaired) electrons. The first-order valence-electron chi connectivity index (χ1n) is 5.67. The molecule has 7 heteroatoms. The van der Waals surface area contributed by atoms with Crippen molar-refractivity contribution in [1.29, 1.82) is 0 Å². The van der Waals surface area contributed by atoms with Crippen LogP contribution in [0.15, 0.2) is 30.3 Å². The van der Waals surface area contributed by atoms with Crippen molar-refractivity contribution in [3.05, 3.63) is 47.0 Å². The maximum Gasteiger partial charge on any atom is 0.339 e. The summed E-state index contributed by atoms with van der Waals surface area (Å²) in [5.74, 6) is -4.92. The van der Waals surface area contributed by atoms with E-state index in [-0.39, 0.29) is 11.3 Å². The number of carbonyl (C=O) groups is 2. The van der Waals surface area contributed by atoms with E-state index in [1.165, 1.54) is 0 Å². The van der Waals surface area contributed by atoms with E-state index >= 15 is 0 Å². The van der Waals surface area contributed by atoms with E-state index in [1.807, 2.05) is 0 Å². The highest BCUT2D eigenvalue weighted by Gasteiger charge is 2.23. The van der Waals surface area contributed by atoms with Gasteiger partial charge in [0.15, 0.2) is 11.5 Å². The number of aromatic hydroxyl groups is 4. The SMILES string of the molecule is O=C(O)c1ccc(C(=O)c2cc(O)ccc2O)c(O)c1O. The van der Waals surface area contributed by atoms with Gasteiger partial charge in [0.25, 0.3) is 0 Å². The van der Waals surface area contributed by atoms with Crippen LogP contribution in [0.3, 0.4) is 0 Å². The van der Waals surface area contributed by atoms with Gasteiger partial charge in [-0.05, 0) is 30.3 Å². The van der Waals surface area contributed by atoms with E-state index in [0.29, 0.717) is 0 Å². The first-order valence-corrected chi connectivity index (χ1v) is 5.67. The fraction of sp³-hybridized carbons (Fsp3) is 0. The Bertz CT molecular complexity index is 749. The van der Waals surface area contributed by atoms with Crippen LogP contribution < -0.4 is 0 Å². The lowest BCUT2D eigenvalue weighted by molar-refractivity contribution is 0.0692. The molecule has 2 aromatic carbocycles. The molecule has 108 valence electrons. The van der Waals surface area contributed by atoms with Crippen LogP contribution in [0, 0.1) is 0 Å². The number of benzene rings is 2. The van der Waals surface area contributed by atoms with E-state index < -0.39 is 40.1 Å². The molecule has 0 bridgehead atoms. The summed E-state index contributed by atoms with van der Waals surface area (Å²) in [5, 5.41) is 47.0. The Hall–Kier alpha value is -3.22. The zero-order valence-corrected chi connectivity index (χ0v) is 10.4. The molecule has 0 aromatic heterocycles. The molecule has 0 spiro atoms. The van der Waals surface area contributed by atoms with Gasteiger partial charge in [-0.1, -0.05) is 0 Å². The Balaban J connectivity index is 2.57. The topological polar surface area (TPSA) is 135 Å². The lowest BCUT2D eigenvalue weighted by Gasteiger charge is -2.09. The molecule has 0 atom stereocenters. The highest BCUT2D eigenvalue weighted by molar-refractivity contribution is 6.13. The van der Waals surface area contributed by atoms with Gasteiger partial charge in [0, 0.05) is 0 Å². The minimum Gasteiger partial charge on any atom is -0.508 e. The third-order valence-electron chi connectivity index (χ3n) is 2.85. The predicted octanol–water partition coefficient (Wildman–Crippen LogP) is 1.44. The van der Waals surface area contributed by atoms with Gasteiger partial charge in [0.1, 0.15) is 17.1 Å².